The number of carbonyl (C=O) groups is 2. The quantitative estimate of drug-likeness (QED) is 0.792. The van der Waals surface area contributed by atoms with Crippen molar-refractivity contribution in [3.8, 4) is 0 Å². The van der Waals surface area contributed by atoms with Gasteiger partial charge in [0.25, 0.3) is 0 Å². The molecule has 1 amide bonds. The summed E-state index contributed by atoms with van der Waals surface area (Å²) in [6, 6.07) is 11.7. The lowest BCUT2D eigenvalue weighted by Gasteiger charge is -2.07. The number of amides is 1. The fourth-order valence-corrected chi connectivity index (χ4v) is 2.75. The van der Waals surface area contributed by atoms with Crippen LogP contribution in [-0.2, 0) is 11.3 Å². The molecule has 0 radical (unpaired) electrons. The lowest BCUT2D eigenvalue weighted by Crippen LogP contribution is -2.22. The van der Waals surface area contributed by atoms with E-state index in [1.165, 1.54) is 16.9 Å². The van der Waals surface area contributed by atoms with Gasteiger partial charge in [0.1, 0.15) is 0 Å². The molecular formula is C17H19NO2S. The van der Waals surface area contributed by atoms with Gasteiger partial charge in [0.15, 0.2) is 5.78 Å². The second-order valence-electron chi connectivity index (χ2n) is 4.96. The van der Waals surface area contributed by atoms with E-state index in [4.69, 9.17) is 0 Å². The maximum Gasteiger partial charge on any atom is 0.220 e. The Morgan fingerprint density at radius 2 is 1.90 bits per heavy atom. The molecule has 2 aromatic rings. The van der Waals surface area contributed by atoms with Gasteiger partial charge >= 0.3 is 0 Å². The molecule has 1 aromatic heterocycles. The number of aryl methyl sites for hydroxylation is 1. The third-order valence-electron chi connectivity index (χ3n) is 3.34. The van der Waals surface area contributed by atoms with Gasteiger partial charge < -0.3 is 5.32 Å². The summed E-state index contributed by atoms with van der Waals surface area (Å²) in [6.07, 6.45) is 1.41. The zero-order valence-electron chi connectivity index (χ0n) is 12.1. The predicted molar refractivity (Wildman–Crippen MR) is 85.5 cm³/mol. The number of hydrogen-bond acceptors (Lipinski definition) is 3. The SMILES string of the molecule is Cc1ccccc1CNC(=O)CCCC(=O)c1cccs1. The average Bonchev–Trinajstić information content (AvgIpc) is 3.00. The molecule has 0 spiro atoms. The monoisotopic (exact) mass is 301 g/mol. The zero-order valence-corrected chi connectivity index (χ0v) is 12.9. The largest absolute Gasteiger partial charge is 0.352 e. The first-order valence-corrected chi connectivity index (χ1v) is 7.92. The normalized spacial score (nSPS) is 10.3. The number of thiophene rings is 1. The first-order valence-electron chi connectivity index (χ1n) is 7.04. The molecule has 3 nitrogen and oxygen atoms in total. The van der Waals surface area contributed by atoms with Gasteiger partial charge in [-0.05, 0) is 35.9 Å². The predicted octanol–water partition coefficient (Wildman–Crippen LogP) is 3.73. The standard InChI is InChI=1S/C17H19NO2S/c1-13-6-2-3-7-14(13)12-18-17(20)10-4-8-15(19)16-9-5-11-21-16/h2-3,5-7,9,11H,4,8,10,12H2,1H3,(H,18,20). The summed E-state index contributed by atoms with van der Waals surface area (Å²) in [5, 5.41) is 4.79. The van der Waals surface area contributed by atoms with Gasteiger partial charge in [-0.2, -0.15) is 0 Å². The molecule has 0 atom stereocenters. The summed E-state index contributed by atoms with van der Waals surface area (Å²) in [5.74, 6) is 0.119. The van der Waals surface area contributed by atoms with Crippen LogP contribution in [0.1, 0.15) is 40.1 Å². The molecule has 1 aromatic carbocycles. The van der Waals surface area contributed by atoms with Crippen LogP contribution in [0.4, 0.5) is 0 Å². The van der Waals surface area contributed by atoms with Crippen LogP contribution in [0.15, 0.2) is 41.8 Å². The Bertz CT molecular complexity index is 605. The second-order valence-corrected chi connectivity index (χ2v) is 5.90. The van der Waals surface area contributed by atoms with Crippen LogP contribution in [0.5, 0.6) is 0 Å². The van der Waals surface area contributed by atoms with Gasteiger partial charge in [-0.15, -0.1) is 11.3 Å². The Hall–Kier alpha value is -1.94. The van der Waals surface area contributed by atoms with E-state index in [1.54, 1.807) is 0 Å². The minimum atomic E-state index is -0.00256. The average molecular weight is 301 g/mol. The smallest absolute Gasteiger partial charge is 0.220 e. The Morgan fingerprint density at radius 1 is 1.10 bits per heavy atom. The highest BCUT2D eigenvalue weighted by molar-refractivity contribution is 7.12. The van der Waals surface area contributed by atoms with E-state index >= 15 is 0 Å². The lowest BCUT2D eigenvalue weighted by atomic mass is 10.1. The van der Waals surface area contributed by atoms with Crippen LogP contribution >= 0.6 is 11.3 Å². The summed E-state index contributed by atoms with van der Waals surface area (Å²) in [6.45, 7) is 2.57. The van der Waals surface area contributed by atoms with Crippen molar-refractivity contribution in [2.45, 2.75) is 32.7 Å². The summed E-state index contributed by atoms with van der Waals surface area (Å²) < 4.78 is 0. The van der Waals surface area contributed by atoms with Crippen molar-refractivity contribution in [2.24, 2.45) is 0 Å². The number of carbonyl (C=O) groups excluding carboxylic acids is 2. The molecule has 0 aliphatic rings. The third kappa shape index (κ3) is 4.83. The zero-order chi connectivity index (χ0) is 15.1. The van der Waals surface area contributed by atoms with Crippen molar-refractivity contribution in [3.05, 3.63) is 57.8 Å². The molecular weight excluding hydrogens is 282 g/mol. The molecule has 0 aliphatic carbocycles. The third-order valence-corrected chi connectivity index (χ3v) is 4.25. The number of hydrogen-bond donors (Lipinski definition) is 1. The van der Waals surface area contributed by atoms with E-state index in [1.807, 2.05) is 48.7 Å². The maximum absolute atomic E-state index is 11.8. The van der Waals surface area contributed by atoms with Crippen LogP contribution in [0.25, 0.3) is 0 Å². The minimum absolute atomic E-state index is 0.00256. The summed E-state index contributed by atoms with van der Waals surface area (Å²) in [5.41, 5.74) is 2.30. The molecule has 0 aliphatic heterocycles. The van der Waals surface area contributed by atoms with Crippen molar-refractivity contribution < 1.29 is 9.59 Å². The van der Waals surface area contributed by atoms with Crippen molar-refractivity contribution >= 4 is 23.0 Å². The Labute approximate surface area is 129 Å². The molecule has 0 unspecified atom stereocenters. The van der Waals surface area contributed by atoms with Gasteiger partial charge in [-0.1, -0.05) is 30.3 Å². The molecule has 2 rings (SSSR count). The fourth-order valence-electron chi connectivity index (χ4n) is 2.06. The number of nitrogens with one attached hydrogen (secondary N) is 1. The van der Waals surface area contributed by atoms with Crippen molar-refractivity contribution in [2.75, 3.05) is 0 Å². The first kappa shape index (κ1) is 15.4. The molecule has 21 heavy (non-hydrogen) atoms. The lowest BCUT2D eigenvalue weighted by molar-refractivity contribution is -0.121. The molecule has 1 N–H and O–H groups in total. The van der Waals surface area contributed by atoms with Crippen molar-refractivity contribution in [1.29, 1.82) is 0 Å². The Kier molecular flexibility index (Phi) is 5.69. The van der Waals surface area contributed by atoms with Crippen molar-refractivity contribution in [1.82, 2.24) is 5.32 Å². The first-order chi connectivity index (χ1) is 10.2. The molecule has 110 valence electrons. The van der Waals surface area contributed by atoms with Crippen molar-refractivity contribution in [3.63, 3.8) is 0 Å². The summed E-state index contributed by atoms with van der Waals surface area (Å²) in [7, 11) is 0. The molecule has 0 bridgehead atoms. The van der Waals surface area contributed by atoms with E-state index < -0.39 is 0 Å². The molecule has 0 saturated heterocycles. The summed E-state index contributed by atoms with van der Waals surface area (Å²) >= 11 is 1.45. The topological polar surface area (TPSA) is 46.2 Å². The van der Waals surface area contributed by atoms with E-state index in [-0.39, 0.29) is 11.7 Å². The van der Waals surface area contributed by atoms with Crippen LogP contribution in [0.3, 0.4) is 0 Å². The fraction of sp³-hybridized carbons (Fsp3) is 0.294. The Morgan fingerprint density at radius 3 is 2.62 bits per heavy atom. The molecule has 0 saturated carbocycles. The molecule has 1 heterocycles. The van der Waals surface area contributed by atoms with Crippen LogP contribution in [0.2, 0.25) is 0 Å². The number of benzene rings is 1. The van der Waals surface area contributed by atoms with E-state index in [0.717, 1.165) is 10.4 Å². The maximum atomic E-state index is 11.8. The Balaban J connectivity index is 1.68. The van der Waals surface area contributed by atoms with Gasteiger partial charge in [0.05, 0.1) is 4.88 Å². The van der Waals surface area contributed by atoms with E-state index in [9.17, 15) is 9.59 Å². The van der Waals surface area contributed by atoms with Gasteiger partial charge in [-0.25, -0.2) is 0 Å². The van der Waals surface area contributed by atoms with Crippen LogP contribution < -0.4 is 5.32 Å². The van der Waals surface area contributed by atoms with E-state index in [0.29, 0.717) is 25.8 Å². The van der Waals surface area contributed by atoms with Crippen LogP contribution in [-0.4, -0.2) is 11.7 Å². The highest BCUT2D eigenvalue weighted by atomic mass is 32.1. The molecule has 4 heteroatoms. The van der Waals surface area contributed by atoms with Gasteiger partial charge in [0.2, 0.25) is 5.91 Å². The van der Waals surface area contributed by atoms with Gasteiger partial charge in [-0.3, -0.25) is 9.59 Å². The second kappa shape index (κ2) is 7.74. The van der Waals surface area contributed by atoms with E-state index in [2.05, 4.69) is 5.32 Å². The number of rotatable bonds is 7. The summed E-state index contributed by atoms with van der Waals surface area (Å²) in [4.78, 5) is 24.3. The molecule has 0 fully saturated rings. The van der Waals surface area contributed by atoms with Crippen LogP contribution in [0, 0.1) is 6.92 Å². The number of Topliss-reactive ketones (excluding diaryl/α,β-unsaturated/α-hetero) is 1. The highest BCUT2D eigenvalue weighted by Crippen LogP contribution is 2.13. The van der Waals surface area contributed by atoms with Gasteiger partial charge in [0, 0.05) is 19.4 Å². The minimum Gasteiger partial charge on any atom is -0.352 e. The number of ketones is 1. The highest BCUT2D eigenvalue weighted by Gasteiger charge is 2.08.